The van der Waals surface area contributed by atoms with Crippen LogP contribution >= 0.6 is 0 Å². The lowest BCUT2D eigenvalue weighted by molar-refractivity contribution is 0.0569. The fraction of sp³-hybridized carbons (Fsp3) is 0.800. The van der Waals surface area contributed by atoms with E-state index in [9.17, 15) is 13.2 Å². The number of fused-ring (bicyclic) bond motifs is 5. The van der Waals surface area contributed by atoms with Crippen molar-refractivity contribution < 1.29 is 13.2 Å². The molecule has 0 N–H and O–H groups in total. The van der Waals surface area contributed by atoms with Crippen molar-refractivity contribution in [2.24, 2.45) is 5.92 Å². The largest absolute Gasteiger partial charge is 0.331 e. The predicted molar refractivity (Wildman–Crippen MR) is 86.9 cm³/mol. The number of carbonyl (C=O) groups is 1. The molecule has 3 fully saturated rings. The van der Waals surface area contributed by atoms with E-state index in [0.717, 1.165) is 44.5 Å². The van der Waals surface area contributed by atoms with Crippen LogP contribution in [0.25, 0.3) is 0 Å². The Kier molecular flexibility index (Phi) is 3.87. The Morgan fingerprint density at radius 3 is 2.75 bits per heavy atom. The smallest absolute Gasteiger partial charge is 0.292 e. The van der Waals surface area contributed by atoms with Gasteiger partial charge in [-0.05, 0) is 31.6 Å². The number of amides is 1. The molecule has 0 saturated carbocycles. The third-order valence-electron chi connectivity index (χ3n) is 5.46. The highest BCUT2D eigenvalue weighted by Crippen LogP contribution is 2.30. The maximum absolute atomic E-state index is 13.1. The van der Waals surface area contributed by atoms with Crippen LogP contribution in [0, 0.1) is 5.92 Å². The van der Waals surface area contributed by atoms with E-state index in [1.807, 2.05) is 9.47 Å². The van der Waals surface area contributed by atoms with E-state index in [1.54, 1.807) is 0 Å². The summed E-state index contributed by atoms with van der Waals surface area (Å²) in [5.41, 5.74) is 0. The molecule has 3 saturated heterocycles. The maximum Gasteiger partial charge on any atom is 0.292 e. The van der Waals surface area contributed by atoms with Crippen molar-refractivity contribution in [3.05, 3.63) is 11.6 Å². The summed E-state index contributed by atoms with van der Waals surface area (Å²) in [6.07, 6.45) is 6.07. The van der Waals surface area contributed by atoms with E-state index in [-0.39, 0.29) is 17.9 Å². The lowest BCUT2D eigenvalue weighted by Crippen LogP contribution is -2.48. The van der Waals surface area contributed by atoms with Crippen molar-refractivity contribution >= 4 is 15.9 Å². The van der Waals surface area contributed by atoms with E-state index >= 15 is 0 Å². The summed E-state index contributed by atoms with van der Waals surface area (Å²) in [5, 5.41) is 8.32. The molecule has 5 rings (SSSR count). The van der Waals surface area contributed by atoms with Gasteiger partial charge in [-0.2, -0.15) is 4.31 Å². The number of nitrogens with zero attached hydrogens (tertiary/aromatic N) is 5. The monoisotopic (exact) mass is 353 g/mol. The molecule has 0 aromatic carbocycles. The molecular formula is C15H23N5O3S. The van der Waals surface area contributed by atoms with Crippen LogP contribution in [-0.2, 0) is 23.0 Å². The Labute approximate surface area is 141 Å². The number of sulfonamides is 1. The van der Waals surface area contributed by atoms with Crippen molar-refractivity contribution in [3.8, 4) is 0 Å². The molecule has 2 atom stereocenters. The Morgan fingerprint density at radius 2 is 1.96 bits per heavy atom. The van der Waals surface area contributed by atoms with Crippen molar-refractivity contribution in [2.45, 2.75) is 44.7 Å². The number of aryl methyl sites for hydroxylation is 1. The van der Waals surface area contributed by atoms with Gasteiger partial charge in [0.1, 0.15) is 5.82 Å². The van der Waals surface area contributed by atoms with Crippen LogP contribution in [0.4, 0.5) is 0 Å². The number of carbonyl (C=O) groups excluding carboxylic acids is 1. The number of piperidine rings is 1. The minimum absolute atomic E-state index is 0.0671. The van der Waals surface area contributed by atoms with E-state index in [4.69, 9.17) is 0 Å². The minimum atomic E-state index is -3.23. The third kappa shape index (κ3) is 2.73. The SMILES string of the molecule is CS(=O)(=O)N1C[C@H]2CC[C@@H](C1)N(C(=O)c1nnc3n1CCCC3)C2. The average molecular weight is 353 g/mol. The molecule has 132 valence electrons. The topological polar surface area (TPSA) is 88.4 Å². The van der Waals surface area contributed by atoms with Gasteiger partial charge in [-0.1, -0.05) is 0 Å². The Hall–Kier alpha value is -1.48. The molecule has 8 nitrogen and oxygen atoms in total. The lowest BCUT2D eigenvalue weighted by Gasteiger charge is -2.35. The first kappa shape index (κ1) is 16.0. The summed E-state index contributed by atoms with van der Waals surface area (Å²) in [4.78, 5) is 14.9. The van der Waals surface area contributed by atoms with Gasteiger partial charge in [0.25, 0.3) is 5.91 Å². The van der Waals surface area contributed by atoms with Gasteiger partial charge in [0, 0.05) is 38.6 Å². The van der Waals surface area contributed by atoms with Gasteiger partial charge in [-0.15, -0.1) is 10.2 Å². The van der Waals surface area contributed by atoms with Crippen LogP contribution in [0.2, 0.25) is 0 Å². The molecule has 0 radical (unpaired) electrons. The molecule has 5 heterocycles. The fourth-order valence-corrected chi connectivity index (χ4v) is 5.08. The highest BCUT2D eigenvalue weighted by molar-refractivity contribution is 7.88. The van der Waals surface area contributed by atoms with Gasteiger partial charge in [0.2, 0.25) is 15.8 Å². The molecule has 1 amide bonds. The molecule has 4 aliphatic heterocycles. The fourth-order valence-electron chi connectivity index (χ4n) is 4.15. The molecule has 24 heavy (non-hydrogen) atoms. The van der Waals surface area contributed by atoms with Crippen LogP contribution in [0.3, 0.4) is 0 Å². The summed E-state index contributed by atoms with van der Waals surface area (Å²) < 4.78 is 27.4. The van der Waals surface area contributed by atoms with E-state index in [1.165, 1.54) is 10.6 Å². The minimum Gasteiger partial charge on any atom is -0.331 e. The first-order valence-corrected chi connectivity index (χ1v) is 10.5. The molecular weight excluding hydrogens is 330 g/mol. The Morgan fingerprint density at radius 1 is 1.12 bits per heavy atom. The summed E-state index contributed by atoms with van der Waals surface area (Å²) in [5.74, 6) is 1.41. The molecule has 4 aliphatic rings. The predicted octanol–water partition coefficient (Wildman–Crippen LogP) is 0.110. The highest BCUT2D eigenvalue weighted by atomic mass is 32.2. The quantitative estimate of drug-likeness (QED) is 0.753. The van der Waals surface area contributed by atoms with Gasteiger partial charge in [0.05, 0.1) is 6.26 Å². The molecule has 0 aliphatic carbocycles. The molecule has 1 aromatic rings. The Balaban J connectivity index is 1.61. The van der Waals surface area contributed by atoms with Crippen LogP contribution in [-0.4, -0.2) is 70.2 Å². The molecule has 1 aromatic heterocycles. The molecule has 2 bridgehead atoms. The van der Waals surface area contributed by atoms with Crippen LogP contribution < -0.4 is 0 Å². The van der Waals surface area contributed by atoms with E-state index in [2.05, 4.69) is 10.2 Å². The molecule has 9 heteroatoms. The molecule has 0 unspecified atom stereocenters. The zero-order valence-electron chi connectivity index (χ0n) is 13.9. The normalized spacial score (nSPS) is 27.8. The highest BCUT2D eigenvalue weighted by Gasteiger charge is 2.41. The van der Waals surface area contributed by atoms with E-state index in [0.29, 0.717) is 25.5 Å². The number of hydrogen-bond donors (Lipinski definition) is 0. The zero-order chi connectivity index (χ0) is 16.9. The second-order valence-corrected chi connectivity index (χ2v) is 9.17. The van der Waals surface area contributed by atoms with Gasteiger partial charge >= 0.3 is 0 Å². The average Bonchev–Trinajstić information content (AvgIpc) is 2.74. The van der Waals surface area contributed by atoms with E-state index < -0.39 is 10.0 Å². The van der Waals surface area contributed by atoms with Crippen molar-refractivity contribution in [1.29, 1.82) is 0 Å². The standard InChI is InChI=1S/C15H23N5O3S/c1-24(22,23)18-8-11-5-6-12(10-18)20(9-11)15(21)14-17-16-13-4-2-3-7-19(13)14/h11-12H,2-10H2,1H3/t11-,12+/m1/s1. The van der Waals surface area contributed by atoms with Gasteiger partial charge in [-0.3, -0.25) is 4.79 Å². The van der Waals surface area contributed by atoms with Crippen LogP contribution in [0.5, 0.6) is 0 Å². The van der Waals surface area contributed by atoms with Crippen molar-refractivity contribution in [3.63, 3.8) is 0 Å². The second-order valence-electron chi connectivity index (χ2n) is 7.18. The summed E-state index contributed by atoms with van der Waals surface area (Å²) in [6.45, 7) is 2.30. The van der Waals surface area contributed by atoms with Crippen LogP contribution in [0.15, 0.2) is 0 Å². The first-order chi connectivity index (χ1) is 11.4. The summed E-state index contributed by atoms with van der Waals surface area (Å²) >= 11 is 0. The Bertz CT molecular complexity index is 759. The number of aromatic nitrogens is 3. The van der Waals surface area contributed by atoms with Gasteiger partial charge in [-0.25, -0.2) is 8.42 Å². The number of rotatable bonds is 2. The van der Waals surface area contributed by atoms with Gasteiger partial charge in [0.15, 0.2) is 0 Å². The maximum atomic E-state index is 13.1. The van der Waals surface area contributed by atoms with Crippen LogP contribution in [0.1, 0.15) is 42.1 Å². The third-order valence-corrected chi connectivity index (χ3v) is 6.70. The molecule has 0 spiro atoms. The summed E-state index contributed by atoms with van der Waals surface area (Å²) in [7, 11) is -3.23. The lowest BCUT2D eigenvalue weighted by atomic mass is 9.95. The van der Waals surface area contributed by atoms with Crippen molar-refractivity contribution in [1.82, 2.24) is 24.0 Å². The summed E-state index contributed by atoms with van der Waals surface area (Å²) in [6, 6.07) is -0.0671. The second kappa shape index (κ2) is 5.80. The van der Waals surface area contributed by atoms with Crippen molar-refractivity contribution in [2.75, 3.05) is 25.9 Å². The van der Waals surface area contributed by atoms with Gasteiger partial charge < -0.3 is 9.47 Å². The first-order valence-electron chi connectivity index (χ1n) is 8.61. The number of hydrogen-bond acceptors (Lipinski definition) is 5. The zero-order valence-corrected chi connectivity index (χ0v) is 14.7.